The van der Waals surface area contributed by atoms with E-state index >= 15 is 0 Å². The van der Waals surface area contributed by atoms with Crippen LogP contribution in [0.15, 0.2) is 0 Å². The van der Waals surface area contributed by atoms with Crippen molar-refractivity contribution in [3.05, 3.63) is 0 Å². The first-order valence-corrected chi connectivity index (χ1v) is 7.57. The van der Waals surface area contributed by atoms with E-state index in [0.29, 0.717) is 5.41 Å². The molecule has 0 bridgehead atoms. The summed E-state index contributed by atoms with van der Waals surface area (Å²) in [5, 5.41) is 3.86. The molecule has 1 saturated heterocycles. The molecule has 1 aliphatic carbocycles. The van der Waals surface area contributed by atoms with Crippen LogP contribution < -0.4 is 5.32 Å². The topological polar surface area (TPSA) is 12.0 Å². The molecule has 2 heteroatoms. The lowest BCUT2D eigenvalue weighted by atomic mass is 9.82. The van der Waals surface area contributed by atoms with Crippen LogP contribution in [0.25, 0.3) is 0 Å². The van der Waals surface area contributed by atoms with Crippen LogP contribution in [0.1, 0.15) is 46.5 Å². The molecular weight excluding hydrogens is 202 g/mol. The maximum absolute atomic E-state index is 3.86. The Hall–Kier alpha value is 0.310. The summed E-state index contributed by atoms with van der Waals surface area (Å²) >= 11 is 2.12. The molecule has 2 rings (SSSR count). The van der Waals surface area contributed by atoms with Crippen molar-refractivity contribution in [2.24, 2.45) is 11.3 Å². The lowest BCUT2D eigenvalue weighted by Gasteiger charge is -2.40. The summed E-state index contributed by atoms with van der Waals surface area (Å²) in [6.07, 6.45) is 5.73. The molecule has 2 unspecified atom stereocenters. The largest absolute Gasteiger partial charge is 0.310 e. The van der Waals surface area contributed by atoms with E-state index in [0.717, 1.165) is 18.0 Å². The zero-order chi connectivity index (χ0) is 10.9. The molecule has 1 aliphatic heterocycles. The minimum absolute atomic E-state index is 0.503. The number of hydrogen-bond acceptors (Lipinski definition) is 2. The maximum atomic E-state index is 3.86. The highest BCUT2D eigenvalue weighted by molar-refractivity contribution is 7.99. The van der Waals surface area contributed by atoms with Crippen LogP contribution in [0.3, 0.4) is 0 Å². The van der Waals surface area contributed by atoms with Crippen LogP contribution in [0.4, 0.5) is 0 Å². The zero-order valence-corrected chi connectivity index (χ0v) is 11.2. The van der Waals surface area contributed by atoms with Crippen molar-refractivity contribution in [3.63, 3.8) is 0 Å². The highest BCUT2D eigenvalue weighted by atomic mass is 32.2. The molecule has 2 aliphatic rings. The third-order valence-corrected chi connectivity index (χ3v) is 5.05. The normalized spacial score (nSPS) is 32.6. The monoisotopic (exact) mass is 227 g/mol. The molecule has 1 saturated carbocycles. The molecule has 2 fully saturated rings. The van der Waals surface area contributed by atoms with Gasteiger partial charge in [0.25, 0.3) is 0 Å². The molecule has 0 aromatic heterocycles. The van der Waals surface area contributed by atoms with Gasteiger partial charge in [0.05, 0.1) is 0 Å². The van der Waals surface area contributed by atoms with E-state index in [1.54, 1.807) is 0 Å². The van der Waals surface area contributed by atoms with Gasteiger partial charge in [0.2, 0.25) is 0 Å². The van der Waals surface area contributed by atoms with E-state index in [4.69, 9.17) is 0 Å². The van der Waals surface area contributed by atoms with Gasteiger partial charge in [0.1, 0.15) is 0 Å². The summed E-state index contributed by atoms with van der Waals surface area (Å²) in [6, 6.07) is 1.45. The van der Waals surface area contributed by atoms with Gasteiger partial charge in [-0.05, 0) is 36.9 Å². The molecule has 1 nitrogen and oxygen atoms in total. The molecule has 0 radical (unpaired) electrons. The van der Waals surface area contributed by atoms with Crippen LogP contribution in [-0.2, 0) is 0 Å². The fraction of sp³-hybridized carbons (Fsp3) is 1.00. The lowest BCUT2D eigenvalue weighted by Crippen LogP contribution is -2.49. The standard InChI is InChI=1S/C13H25NS/c1-10(8-11-4-5-11)14-12-9-15-7-6-13(12,2)3/h10-12,14H,4-9H2,1-3H3. The van der Waals surface area contributed by atoms with Gasteiger partial charge < -0.3 is 5.32 Å². The first kappa shape index (κ1) is 11.8. The summed E-state index contributed by atoms with van der Waals surface area (Å²) in [4.78, 5) is 0. The van der Waals surface area contributed by atoms with Gasteiger partial charge in [-0.1, -0.05) is 26.7 Å². The highest BCUT2D eigenvalue weighted by Gasteiger charge is 2.34. The van der Waals surface area contributed by atoms with E-state index in [-0.39, 0.29) is 0 Å². The lowest BCUT2D eigenvalue weighted by molar-refractivity contribution is 0.226. The Bertz CT molecular complexity index is 211. The average molecular weight is 227 g/mol. The van der Waals surface area contributed by atoms with Crippen molar-refractivity contribution in [3.8, 4) is 0 Å². The van der Waals surface area contributed by atoms with Crippen LogP contribution in [0.2, 0.25) is 0 Å². The minimum Gasteiger partial charge on any atom is -0.310 e. The van der Waals surface area contributed by atoms with Gasteiger partial charge in [0, 0.05) is 17.8 Å². The van der Waals surface area contributed by atoms with Gasteiger partial charge in [-0.3, -0.25) is 0 Å². The highest BCUT2D eigenvalue weighted by Crippen LogP contribution is 2.36. The third kappa shape index (κ3) is 3.39. The van der Waals surface area contributed by atoms with Crippen LogP contribution in [0, 0.1) is 11.3 Å². The predicted octanol–water partition coefficient (Wildman–Crippen LogP) is 3.30. The third-order valence-electron chi connectivity index (χ3n) is 3.99. The Morgan fingerprint density at radius 2 is 2.13 bits per heavy atom. The van der Waals surface area contributed by atoms with Crippen molar-refractivity contribution in [2.75, 3.05) is 11.5 Å². The van der Waals surface area contributed by atoms with E-state index in [1.807, 2.05) is 0 Å². The smallest absolute Gasteiger partial charge is 0.0212 e. The van der Waals surface area contributed by atoms with Crippen LogP contribution in [0.5, 0.6) is 0 Å². The Morgan fingerprint density at radius 1 is 1.40 bits per heavy atom. The molecule has 88 valence electrons. The van der Waals surface area contributed by atoms with Gasteiger partial charge in [-0.15, -0.1) is 0 Å². The second kappa shape index (κ2) is 4.67. The van der Waals surface area contributed by atoms with Crippen molar-refractivity contribution < 1.29 is 0 Å². The number of nitrogens with one attached hydrogen (secondary N) is 1. The van der Waals surface area contributed by atoms with E-state index < -0.39 is 0 Å². The number of rotatable bonds is 4. The fourth-order valence-corrected chi connectivity index (χ4v) is 4.10. The van der Waals surface area contributed by atoms with Gasteiger partial charge in [-0.2, -0.15) is 11.8 Å². The zero-order valence-electron chi connectivity index (χ0n) is 10.4. The molecular formula is C13H25NS. The quantitative estimate of drug-likeness (QED) is 0.791. The summed E-state index contributed by atoms with van der Waals surface area (Å²) in [5.74, 6) is 3.70. The van der Waals surface area contributed by atoms with Crippen molar-refractivity contribution in [1.82, 2.24) is 5.32 Å². The Morgan fingerprint density at radius 3 is 2.73 bits per heavy atom. The second-order valence-corrected chi connectivity index (χ2v) is 7.26. The first-order valence-electron chi connectivity index (χ1n) is 6.42. The average Bonchev–Trinajstić information content (AvgIpc) is 2.92. The fourth-order valence-electron chi connectivity index (χ4n) is 2.47. The maximum Gasteiger partial charge on any atom is 0.0212 e. The van der Waals surface area contributed by atoms with E-state index in [1.165, 1.54) is 37.2 Å². The van der Waals surface area contributed by atoms with E-state index in [9.17, 15) is 0 Å². The SMILES string of the molecule is CC(CC1CC1)NC1CSCCC1(C)C. The Kier molecular flexibility index (Phi) is 3.67. The molecule has 0 spiro atoms. The number of hydrogen-bond donors (Lipinski definition) is 1. The van der Waals surface area contributed by atoms with Crippen LogP contribution in [-0.4, -0.2) is 23.6 Å². The molecule has 1 heterocycles. The molecule has 0 aromatic rings. The molecule has 0 amide bonds. The second-order valence-electron chi connectivity index (χ2n) is 6.11. The molecule has 0 aromatic carbocycles. The summed E-state index contributed by atoms with van der Waals surface area (Å²) in [7, 11) is 0. The number of thioether (sulfide) groups is 1. The predicted molar refractivity (Wildman–Crippen MR) is 69.4 cm³/mol. The molecule has 2 atom stereocenters. The minimum atomic E-state index is 0.503. The molecule has 1 N–H and O–H groups in total. The van der Waals surface area contributed by atoms with Crippen molar-refractivity contribution in [1.29, 1.82) is 0 Å². The van der Waals surface area contributed by atoms with Gasteiger partial charge in [-0.25, -0.2) is 0 Å². The molecule has 15 heavy (non-hydrogen) atoms. The Labute approximate surface area is 98.8 Å². The summed E-state index contributed by atoms with van der Waals surface area (Å²) in [6.45, 7) is 7.22. The summed E-state index contributed by atoms with van der Waals surface area (Å²) < 4.78 is 0. The Balaban J connectivity index is 1.80. The van der Waals surface area contributed by atoms with Crippen LogP contribution >= 0.6 is 11.8 Å². The first-order chi connectivity index (χ1) is 7.08. The van der Waals surface area contributed by atoms with Gasteiger partial charge in [0.15, 0.2) is 0 Å². The summed E-state index contributed by atoms with van der Waals surface area (Å²) in [5.41, 5.74) is 0.503. The van der Waals surface area contributed by atoms with Crippen molar-refractivity contribution in [2.45, 2.75) is 58.5 Å². The van der Waals surface area contributed by atoms with E-state index in [2.05, 4.69) is 37.8 Å². The van der Waals surface area contributed by atoms with Crippen molar-refractivity contribution >= 4 is 11.8 Å². The van der Waals surface area contributed by atoms with Gasteiger partial charge >= 0.3 is 0 Å².